The van der Waals surface area contributed by atoms with E-state index in [4.69, 9.17) is 4.98 Å². The molecule has 0 aliphatic rings. The van der Waals surface area contributed by atoms with Gasteiger partial charge < -0.3 is 0 Å². The molecule has 0 fully saturated rings. The van der Waals surface area contributed by atoms with Crippen molar-refractivity contribution in [2.24, 2.45) is 5.92 Å². The van der Waals surface area contributed by atoms with Crippen LogP contribution in [0.2, 0.25) is 0 Å². The third kappa shape index (κ3) is 3.07. The molecule has 0 saturated carbocycles. The molecule has 1 nitrogen and oxygen atoms in total. The van der Waals surface area contributed by atoms with Gasteiger partial charge in [0, 0.05) is 25.9 Å². The summed E-state index contributed by atoms with van der Waals surface area (Å²) >= 11 is 1.93. The normalized spacial score (nSPS) is 11.7. The van der Waals surface area contributed by atoms with Crippen LogP contribution in [0.3, 0.4) is 0 Å². The van der Waals surface area contributed by atoms with Crippen molar-refractivity contribution in [2.75, 3.05) is 0 Å². The number of hydrogen-bond acceptors (Lipinski definition) is 2. The Bertz CT molecular complexity index is 1050. The molecular weight excluding hydrogens is 322 g/mol. The average Bonchev–Trinajstić information content (AvgIpc) is 2.96. The van der Waals surface area contributed by atoms with E-state index in [0.717, 1.165) is 17.6 Å². The van der Waals surface area contributed by atoms with Gasteiger partial charge in [-0.2, -0.15) is 0 Å². The minimum Gasteiger partial charge on any atom is -0.247 e. The molecule has 2 aromatic heterocycles. The van der Waals surface area contributed by atoms with Crippen LogP contribution in [0.4, 0.5) is 0 Å². The minimum absolute atomic E-state index is 0.664. The zero-order valence-corrected chi connectivity index (χ0v) is 16.1. The van der Waals surface area contributed by atoms with E-state index in [2.05, 4.69) is 76.2 Å². The van der Waals surface area contributed by atoms with Crippen LogP contribution >= 0.6 is 11.3 Å². The molecule has 25 heavy (non-hydrogen) atoms. The highest BCUT2D eigenvalue weighted by atomic mass is 32.1. The van der Waals surface area contributed by atoms with E-state index in [0.29, 0.717) is 5.92 Å². The number of aryl methyl sites for hydroxylation is 2. The molecule has 126 valence electrons. The number of pyridine rings is 1. The second-order valence-electron chi connectivity index (χ2n) is 7.41. The molecule has 0 radical (unpaired) electrons. The first-order valence-electron chi connectivity index (χ1n) is 8.91. The van der Waals surface area contributed by atoms with Crippen LogP contribution in [0.1, 0.15) is 29.9 Å². The Morgan fingerprint density at radius 1 is 0.920 bits per heavy atom. The van der Waals surface area contributed by atoms with Crippen molar-refractivity contribution in [1.29, 1.82) is 0 Å². The summed E-state index contributed by atoms with van der Waals surface area (Å²) < 4.78 is 1.37. The third-order valence-electron chi connectivity index (χ3n) is 4.52. The highest BCUT2D eigenvalue weighted by molar-refractivity contribution is 7.20. The van der Waals surface area contributed by atoms with E-state index in [9.17, 15) is 0 Å². The molecule has 0 aliphatic carbocycles. The van der Waals surface area contributed by atoms with Crippen LogP contribution in [-0.2, 0) is 6.42 Å². The van der Waals surface area contributed by atoms with Crippen LogP contribution < -0.4 is 0 Å². The highest BCUT2D eigenvalue weighted by Crippen LogP contribution is 2.38. The lowest BCUT2D eigenvalue weighted by Crippen LogP contribution is -1.90. The number of aromatic nitrogens is 1. The summed E-state index contributed by atoms with van der Waals surface area (Å²) in [6.45, 7) is 8.89. The molecule has 2 aromatic carbocycles. The molecule has 0 aliphatic heterocycles. The molecule has 0 saturated heterocycles. The predicted octanol–water partition coefficient (Wildman–Crippen LogP) is 6.93. The highest BCUT2D eigenvalue weighted by Gasteiger charge is 2.14. The molecule has 4 aromatic rings. The lowest BCUT2D eigenvalue weighted by Gasteiger charge is -2.08. The van der Waals surface area contributed by atoms with Crippen LogP contribution in [0.25, 0.3) is 32.2 Å². The Hall–Kier alpha value is -2.19. The third-order valence-corrected chi connectivity index (χ3v) is 5.71. The fourth-order valence-electron chi connectivity index (χ4n) is 3.60. The Labute approximate surface area is 153 Å². The van der Waals surface area contributed by atoms with Crippen molar-refractivity contribution >= 4 is 32.3 Å². The van der Waals surface area contributed by atoms with Crippen molar-refractivity contribution in [3.63, 3.8) is 0 Å². The monoisotopic (exact) mass is 345 g/mol. The summed E-state index contributed by atoms with van der Waals surface area (Å²) in [5, 5.41) is 2.56. The zero-order valence-electron chi connectivity index (χ0n) is 15.3. The lowest BCUT2D eigenvalue weighted by molar-refractivity contribution is 0.654. The number of para-hydroxylation sites is 1. The molecule has 2 heterocycles. The molecule has 0 atom stereocenters. The quantitative estimate of drug-likeness (QED) is 0.392. The van der Waals surface area contributed by atoms with Gasteiger partial charge in [-0.15, -0.1) is 11.3 Å². The largest absolute Gasteiger partial charge is 0.247 e. The van der Waals surface area contributed by atoms with Gasteiger partial charge >= 0.3 is 0 Å². The summed E-state index contributed by atoms with van der Waals surface area (Å²) in [6.07, 6.45) is 1.12. The first-order valence-corrected chi connectivity index (χ1v) is 9.73. The van der Waals surface area contributed by atoms with Crippen molar-refractivity contribution in [3.05, 3.63) is 64.5 Å². The maximum absolute atomic E-state index is 5.05. The second kappa shape index (κ2) is 6.27. The number of rotatable bonds is 3. The van der Waals surface area contributed by atoms with Gasteiger partial charge in [0.15, 0.2) is 0 Å². The molecular formula is C23H23NS. The molecule has 2 heteroatoms. The maximum Gasteiger partial charge on any atom is 0.0796 e. The first-order chi connectivity index (χ1) is 12.0. The van der Waals surface area contributed by atoms with Gasteiger partial charge in [0.25, 0.3) is 0 Å². The number of thiophene rings is 1. The van der Waals surface area contributed by atoms with Crippen molar-refractivity contribution in [2.45, 2.75) is 34.1 Å². The minimum atomic E-state index is 0.664. The van der Waals surface area contributed by atoms with E-state index >= 15 is 0 Å². The van der Waals surface area contributed by atoms with E-state index in [1.54, 1.807) is 0 Å². The summed E-state index contributed by atoms with van der Waals surface area (Å²) in [6, 6.07) is 17.6. The number of fused-ring (bicyclic) bond motifs is 3. The Morgan fingerprint density at radius 2 is 1.64 bits per heavy atom. The van der Waals surface area contributed by atoms with Gasteiger partial charge in [0.1, 0.15) is 0 Å². The molecule has 0 amide bonds. The predicted molar refractivity (Wildman–Crippen MR) is 111 cm³/mol. The van der Waals surface area contributed by atoms with Crippen LogP contribution in [0.15, 0.2) is 48.5 Å². The average molecular weight is 346 g/mol. The SMILES string of the molecule is Cc1cc(C)cc(-c2nc3ccccc3c3sc(CC(C)C)cc23)c1. The maximum atomic E-state index is 5.05. The summed E-state index contributed by atoms with van der Waals surface area (Å²) in [4.78, 5) is 6.51. The summed E-state index contributed by atoms with van der Waals surface area (Å²) in [5.74, 6) is 0.664. The molecule has 0 bridgehead atoms. The van der Waals surface area contributed by atoms with Gasteiger partial charge in [-0.05, 0) is 50.5 Å². The molecule has 4 rings (SSSR count). The van der Waals surface area contributed by atoms with E-state index in [1.807, 2.05) is 11.3 Å². The molecule has 0 N–H and O–H groups in total. The Morgan fingerprint density at radius 3 is 2.36 bits per heavy atom. The second-order valence-corrected chi connectivity index (χ2v) is 8.54. The first kappa shape index (κ1) is 16.3. The van der Waals surface area contributed by atoms with Gasteiger partial charge in [0.05, 0.1) is 11.2 Å². The van der Waals surface area contributed by atoms with Crippen molar-refractivity contribution in [1.82, 2.24) is 4.98 Å². The lowest BCUT2D eigenvalue weighted by atomic mass is 10.0. The van der Waals surface area contributed by atoms with Crippen LogP contribution in [-0.4, -0.2) is 4.98 Å². The van der Waals surface area contributed by atoms with Gasteiger partial charge in [-0.3, -0.25) is 0 Å². The number of benzene rings is 2. The van der Waals surface area contributed by atoms with Crippen LogP contribution in [0.5, 0.6) is 0 Å². The standard InChI is InChI=1S/C23H23NS/c1-14(2)9-18-13-20-22(17-11-15(3)10-16(4)12-17)24-21-8-6-5-7-19(21)23(20)25-18/h5-8,10-14H,9H2,1-4H3. The van der Waals surface area contributed by atoms with E-state index in [1.165, 1.54) is 37.0 Å². The fraction of sp³-hybridized carbons (Fsp3) is 0.261. The number of hydrogen-bond donors (Lipinski definition) is 0. The summed E-state index contributed by atoms with van der Waals surface area (Å²) in [5.41, 5.74) is 6.00. The van der Waals surface area contributed by atoms with E-state index in [-0.39, 0.29) is 0 Å². The topological polar surface area (TPSA) is 12.9 Å². The fourth-order valence-corrected chi connectivity index (χ4v) is 5.00. The molecule has 0 unspecified atom stereocenters. The number of nitrogens with zero attached hydrogens (tertiary/aromatic N) is 1. The van der Waals surface area contributed by atoms with E-state index < -0.39 is 0 Å². The molecule has 0 spiro atoms. The van der Waals surface area contributed by atoms with Gasteiger partial charge in [-0.1, -0.05) is 49.2 Å². The zero-order chi connectivity index (χ0) is 17.6. The van der Waals surface area contributed by atoms with Gasteiger partial charge in [-0.25, -0.2) is 4.98 Å². The summed E-state index contributed by atoms with van der Waals surface area (Å²) in [7, 11) is 0. The smallest absolute Gasteiger partial charge is 0.0796 e. The van der Waals surface area contributed by atoms with Crippen LogP contribution in [0, 0.1) is 19.8 Å². The van der Waals surface area contributed by atoms with Crippen molar-refractivity contribution < 1.29 is 0 Å². The Balaban J connectivity index is 2.05. The van der Waals surface area contributed by atoms with Gasteiger partial charge in [0.2, 0.25) is 0 Å². The Kier molecular flexibility index (Phi) is 4.09. The van der Waals surface area contributed by atoms with Crippen molar-refractivity contribution in [3.8, 4) is 11.3 Å².